The van der Waals surface area contributed by atoms with E-state index in [1.165, 1.54) is 54.7 Å². The zero-order valence-electron chi connectivity index (χ0n) is 19.8. The lowest BCUT2D eigenvalue weighted by Gasteiger charge is -2.09. The van der Waals surface area contributed by atoms with Gasteiger partial charge in [0.2, 0.25) is 0 Å². The van der Waals surface area contributed by atoms with Gasteiger partial charge in [-0.3, -0.25) is 0 Å². The predicted octanol–water partition coefficient (Wildman–Crippen LogP) is 8.09. The minimum atomic E-state index is 0.460. The molecule has 0 bridgehead atoms. The van der Waals surface area contributed by atoms with Gasteiger partial charge in [-0.25, -0.2) is 0 Å². The van der Waals surface area contributed by atoms with Crippen LogP contribution in [0.15, 0.2) is 116 Å². The van der Waals surface area contributed by atoms with Crippen molar-refractivity contribution in [1.29, 1.82) is 0 Å². The summed E-state index contributed by atoms with van der Waals surface area (Å²) in [6.45, 7) is 6.56. The van der Waals surface area contributed by atoms with Gasteiger partial charge in [0.25, 0.3) is 0 Å². The Bertz CT molecular complexity index is 1810. The fraction of sp³-hybridized carbons (Fsp3) is 0.0625. The molecule has 3 nitrogen and oxygen atoms in total. The molecule has 0 fully saturated rings. The molecule has 170 valence electrons. The van der Waals surface area contributed by atoms with Crippen LogP contribution in [-0.2, 0) is 6.67 Å². The molecule has 0 amide bonds. The lowest BCUT2D eigenvalue weighted by molar-refractivity contribution is 0.791. The highest BCUT2D eigenvalue weighted by molar-refractivity contribution is 6.12. The van der Waals surface area contributed by atoms with E-state index in [1.807, 2.05) is 19.1 Å². The van der Waals surface area contributed by atoms with Crippen molar-refractivity contribution in [3.05, 3.63) is 116 Å². The smallest absolute Gasteiger partial charge is 0.0707 e. The second-order valence-electron chi connectivity index (χ2n) is 8.77. The third-order valence-electron chi connectivity index (χ3n) is 6.89. The third kappa shape index (κ3) is 3.24. The zero-order valence-corrected chi connectivity index (χ0v) is 19.8. The second kappa shape index (κ2) is 8.46. The van der Waals surface area contributed by atoms with E-state index < -0.39 is 0 Å². The normalized spacial score (nSPS) is 12.6. The summed E-state index contributed by atoms with van der Waals surface area (Å²) in [4.78, 5) is 0. The highest BCUT2D eigenvalue weighted by atomic mass is 15.0. The SMILES string of the molecule is C=C/C(=C\C=C/C)n1c2ccccc2c2cc(-c3ccc4c(c3)c3ccccc3n4CN)ccc21. The molecule has 35 heavy (non-hydrogen) atoms. The first kappa shape index (κ1) is 21.2. The van der Waals surface area contributed by atoms with Crippen LogP contribution in [-0.4, -0.2) is 9.13 Å². The summed E-state index contributed by atoms with van der Waals surface area (Å²) < 4.78 is 4.47. The van der Waals surface area contributed by atoms with E-state index in [0.29, 0.717) is 6.67 Å². The number of hydrogen-bond donors (Lipinski definition) is 1. The van der Waals surface area contributed by atoms with Crippen LogP contribution in [0.3, 0.4) is 0 Å². The summed E-state index contributed by atoms with van der Waals surface area (Å²) >= 11 is 0. The number of fused-ring (bicyclic) bond motifs is 6. The fourth-order valence-corrected chi connectivity index (χ4v) is 5.29. The Labute approximate surface area is 204 Å². The van der Waals surface area contributed by atoms with Gasteiger partial charge in [0.15, 0.2) is 0 Å². The van der Waals surface area contributed by atoms with Crippen molar-refractivity contribution in [3.63, 3.8) is 0 Å². The van der Waals surface area contributed by atoms with Crippen LogP contribution in [0.25, 0.3) is 60.4 Å². The minimum Gasteiger partial charge on any atom is -0.327 e. The summed E-state index contributed by atoms with van der Waals surface area (Å²) in [5, 5.41) is 4.93. The molecule has 0 radical (unpaired) electrons. The molecule has 4 aromatic carbocycles. The molecular weight excluding hydrogens is 426 g/mol. The van der Waals surface area contributed by atoms with Gasteiger partial charge < -0.3 is 14.9 Å². The predicted molar refractivity (Wildman–Crippen MR) is 151 cm³/mol. The van der Waals surface area contributed by atoms with E-state index in [1.54, 1.807) is 0 Å². The number of allylic oxidation sites excluding steroid dienone is 5. The average molecular weight is 454 g/mol. The highest BCUT2D eigenvalue weighted by Crippen LogP contribution is 2.37. The van der Waals surface area contributed by atoms with Gasteiger partial charge in [-0.2, -0.15) is 0 Å². The molecule has 2 N–H and O–H groups in total. The summed E-state index contributed by atoms with van der Waals surface area (Å²) in [7, 11) is 0. The first-order valence-corrected chi connectivity index (χ1v) is 12.0. The Morgan fingerprint density at radius 1 is 0.743 bits per heavy atom. The van der Waals surface area contributed by atoms with Crippen molar-refractivity contribution in [2.45, 2.75) is 13.6 Å². The summed E-state index contributed by atoms with van der Waals surface area (Å²) in [6.07, 6.45) is 8.11. The number of hydrogen-bond acceptors (Lipinski definition) is 1. The number of nitrogens with zero attached hydrogens (tertiary/aromatic N) is 2. The molecule has 6 aromatic rings. The first-order valence-electron chi connectivity index (χ1n) is 12.0. The van der Waals surface area contributed by atoms with E-state index >= 15 is 0 Å². The maximum Gasteiger partial charge on any atom is 0.0707 e. The van der Waals surface area contributed by atoms with Crippen molar-refractivity contribution in [2.24, 2.45) is 5.73 Å². The summed E-state index contributed by atoms with van der Waals surface area (Å²) in [5.41, 5.74) is 14.2. The molecular formula is C32H27N3. The molecule has 2 aromatic heterocycles. The van der Waals surface area contributed by atoms with E-state index in [0.717, 1.165) is 5.70 Å². The zero-order chi connectivity index (χ0) is 23.9. The molecule has 0 aliphatic rings. The molecule has 0 aliphatic heterocycles. The lowest BCUT2D eigenvalue weighted by Crippen LogP contribution is -2.05. The van der Waals surface area contributed by atoms with Gasteiger partial charge in [-0.15, -0.1) is 0 Å². The van der Waals surface area contributed by atoms with Gasteiger partial charge in [0.1, 0.15) is 0 Å². The highest BCUT2D eigenvalue weighted by Gasteiger charge is 2.14. The third-order valence-corrected chi connectivity index (χ3v) is 6.89. The van der Waals surface area contributed by atoms with Crippen molar-refractivity contribution in [1.82, 2.24) is 9.13 Å². The van der Waals surface area contributed by atoms with Crippen molar-refractivity contribution >= 4 is 49.3 Å². The minimum absolute atomic E-state index is 0.460. The van der Waals surface area contributed by atoms with E-state index in [2.05, 4.69) is 113 Å². The van der Waals surface area contributed by atoms with Crippen LogP contribution in [0.4, 0.5) is 0 Å². The molecule has 2 heterocycles. The van der Waals surface area contributed by atoms with Crippen LogP contribution >= 0.6 is 0 Å². The van der Waals surface area contributed by atoms with Crippen LogP contribution in [0.5, 0.6) is 0 Å². The van der Waals surface area contributed by atoms with Gasteiger partial charge in [-0.1, -0.05) is 67.3 Å². The molecule has 0 saturated heterocycles. The number of para-hydroxylation sites is 2. The van der Waals surface area contributed by atoms with Gasteiger partial charge in [-0.05, 0) is 66.6 Å². The van der Waals surface area contributed by atoms with Crippen molar-refractivity contribution in [2.75, 3.05) is 0 Å². The monoisotopic (exact) mass is 453 g/mol. The Morgan fingerprint density at radius 3 is 1.94 bits per heavy atom. The summed E-state index contributed by atoms with van der Waals surface area (Å²) in [6, 6.07) is 30.5. The quantitative estimate of drug-likeness (QED) is 0.263. The Balaban J connectivity index is 1.60. The fourth-order valence-electron chi connectivity index (χ4n) is 5.29. The largest absolute Gasteiger partial charge is 0.327 e. The number of benzene rings is 4. The lowest BCUT2D eigenvalue weighted by atomic mass is 10.0. The molecule has 0 atom stereocenters. The molecule has 0 saturated carbocycles. The molecule has 0 aliphatic carbocycles. The number of nitrogens with two attached hydrogens (primary N) is 1. The second-order valence-corrected chi connectivity index (χ2v) is 8.77. The average Bonchev–Trinajstić information content (AvgIpc) is 3.41. The van der Waals surface area contributed by atoms with Crippen LogP contribution in [0.2, 0.25) is 0 Å². The van der Waals surface area contributed by atoms with Gasteiger partial charge >= 0.3 is 0 Å². The maximum absolute atomic E-state index is 6.10. The first-order chi connectivity index (χ1) is 17.2. The molecule has 3 heteroatoms. The van der Waals surface area contributed by atoms with Crippen LogP contribution < -0.4 is 5.73 Å². The topological polar surface area (TPSA) is 35.9 Å². The Hall–Kier alpha value is -4.34. The molecule has 6 rings (SSSR count). The Morgan fingerprint density at radius 2 is 1.29 bits per heavy atom. The molecule has 0 unspecified atom stereocenters. The van der Waals surface area contributed by atoms with Crippen LogP contribution in [0.1, 0.15) is 6.92 Å². The number of rotatable bonds is 5. The van der Waals surface area contributed by atoms with Gasteiger partial charge in [0, 0.05) is 27.2 Å². The Kier molecular flexibility index (Phi) is 5.13. The van der Waals surface area contributed by atoms with Crippen molar-refractivity contribution in [3.8, 4) is 11.1 Å². The standard InChI is InChI=1S/C32H27N3/c1-3-5-10-24(4-2)35-31-14-9-7-12-26(31)28-20-23(16-18-32(28)35)22-15-17-30-27(19-22)25-11-6-8-13-29(25)34(30)21-33/h3-20H,2,21,33H2,1H3/b5-3-,24-10+. The van der Waals surface area contributed by atoms with Gasteiger partial charge in [0.05, 0.1) is 28.7 Å². The van der Waals surface area contributed by atoms with E-state index in [9.17, 15) is 0 Å². The van der Waals surface area contributed by atoms with Crippen LogP contribution in [0, 0.1) is 0 Å². The van der Waals surface area contributed by atoms with E-state index in [4.69, 9.17) is 5.73 Å². The molecule has 0 spiro atoms. The van der Waals surface area contributed by atoms with Crippen molar-refractivity contribution < 1.29 is 0 Å². The van der Waals surface area contributed by atoms with E-state index in [-0.39, 0.29) is 0 Å². The number of aromatic nitrogens is 2. The maximum atomic E-state index is 6.10. The summed E-state index contributed by atoms with van der Waals surface area (Å²) in [5.74, 6) is 0.